The minimum atomic E-state index is -1.65. The first-order chi connectivity index (χ1) is 5.57. The molecule has 5 nitrogen and oxygen atoms in total. The van der Waals surface area contributed by atoms with Crippen LogP contribution in [-0.4, -0.2) is 57.8 Å². The number of halogens is 1. The summed E-state index contributed by atoms with van der Waals surface area (Å²) in [5, 5.41) is 35.8. The number of aliphatic hydroxyl groups is 4. The van der Waals surface area contributed by atoms with Crippen LogP contribution in [0.2, 0.25) is 0 Å². The molecule has 0 aromatic heterocycles. The Morgan fingerprint density at radius 2 is 1.58 bits per heavy atom. The maximum Gasteiger partial charge on any atom is 0.184 e. The van der Waals surface area contributed by atoms with E-state index in [0.29, 0.717) is 0 Å². The molecule has 0 saturated carbocycles. The van der Waals surface area contributed by atoms with Crippen molar-refractivity contribution in [2.75, 3.05) is 6.67 Å². The second-order valence-electron chi connectivity index (χ2n) is 2.69. The van der Waals surface area contributed by atoms with Gasteiger partial charge in [-0.05, 0) is 0 Å². The number of alkyl halides is 1. The van der Waals surface area contributed by atoms with Gasteiger partial charge in [0.1, 0.15) is 31.1 Å². The van der Waals surface area contributed by atoms with E-state index in [1.165, 1.54) is 0 Å². The summed E-state index contributed by atoms with van der Waals surface area (Å²) in [6.45, 7) is -1.03. The van der Waals surface area contributed by atoms with Gasteiger partial charge in [0.2, 0.25) is 0 Å². The largest absolute Gasteiger partial charge is 0.387 e. The molecule has 0 radical (unpaired) electrons. The third-order valence-electron chi connectivity index (χ3n) is 1.84. The van der Waals surface area contributed by atoms with E-state index in [0.717, 1.165) is 0 Å². The molecular weight excluding hydrogens is 171 g/mol. The fourth-order valence-corrected chi connectivity index (χ4v) is 1.06. The van der Waals surface area contributed by atoms with Crippen LogP contribution in [0.3, 0.4) is 0 Å². The van der Waals surface area contributed by atoms with Crippen LogP contribution in [0, 0.1) is 0 Å². The Balaban J connectivity index is 2.63. The number of ether oxygens (including phenoxy) is 1. The predicted octanol–water partition coefficient (Wildman–Crippen LogP) is -2.24. The van der Waals surface area contributed by atoms with Crippen molar-refractivity contribution in [2.45, 2.75) is 30.7 Å². The second kappa shape index (κ2) is 3.63. The molecule has 12 heavy (non-hydrogen) atoms. The van der Waals surface area contributed by atoms with Crippen LogP contribution in [0.15, 0.2) is 0 Å². The lowest BCUT2D eigenvalue weighted by atomic mass is 10.00. The summed E-state index contributed by atoms with van der Waals surface area (Å²) in [7, 11) is 0. The van der Waals surface area contributed by atoms with Gasteiger partial charge in [0.25, 0.3) is 0 Å². The van der Waals surface area contributed by atoms with Crippen LogP contribution in [0.5, 0.6) is 0 Å². The van der Waals surface area contributed by atoms with Crippen LogP contribution in [0.4, 0.5) is 4.39 Å². The lowest BCUT2D eigenvalue weighted by Gasteiger charge is -2.37. The van der Waals surface area contributed by atoms with Crippen molar-refractivity contribution >= 4 is 0 Å². The zero-order valence-electron chi connectivity index (χ0n) is 6.17. The van der Waals surface area contributed by atoms with Gasteiger partial charge in [-0.15, -0.1) is 0 Å². The van der Waals surface area contributed by atoms with Crippen LogP contribution in [0.25, 0.3) is 0 Å². The molecule has 6 heteroatoms. The lowest BCUT2D eigenvalue weighted by molar-refractivity contribution is -0.283. The summed E-state index contributed by atoms with van der Waals surface area (Å²) in [4.78, 5) is 0. The third-order valence-corrected chi connectivity index (χ3v) is 1.84. The molecule has 0 aromatic carbocycles. The first kappa shape index (κ1) is 9.82. The number of hydrogen-bond donors (Lipinski definition) is 4. The summed E-state index contributed by atoms with van der Waals surface area (Å²) in [5.41, 5.74) is 0. The highest BCUT2D eigenvalue weighted by molar-refractivity contribution is 4.88. The molecule has 1 aliphatic rings. The van der Waals surface area contributed by atoms with Crippen molar-refractivity contribution < 1.29 is 29.6 Å². The van der Waals surface area contributed by atoms with Gasteiger partial charge >= 0.3 is 0 Å². The Morgan fingerprint density at radius 1 is 1.00 bits per heavy atom. The topological polar surface area (TPSA) is 90.2 Å². The highest BCUT2D eigenvalue weighted by Gasteiger charge is 2.42. The summed E-state index contributed by atoms with van der Waals surface area (Å²) >= 11 is 0. The van der Waals surface area contributed by atoms with Crippen LogP contribution in [-0.2, 0) is 4.74 Å². The van der Waals surface area contributed by atoms with Crippen molar-refractivity contribution in [3.05, 3.63) is 0 Å². The fraction of sp³-hybridized carbons (Fsp3) is 1.00. The standard InChI is InChI=1S/C6H11FO5/c7-1-2-3(8)4(9)5(10)6(11)12-2/h2-6,8-11H,1H2/t2?,3-,4?,5?,6?/m1/s1. The van der Waals surface area contributed by atoms with Gasteiger partial charge < -0.3 is 25.2 Å². The maximum atomic E-state index is 12.0. The zero-order chi connectivity index (χ0) is 9.30. The third kappa shape index (κ3) is 1.57. The van der Waals surface area contributed by atoms with E-state index in [4.69, 9.17) is 20.4 Å². The van der Waals surface area contributed by atoms with E-state index >= 15 is 0 Å². The summed E-state index contributed by atoms with van der Waals surface area (Å²) in [5.74, 6) is 0. The van der Waals surface area contributed by atoms with Crippen LogP contribution in [0.1, 0.15) is 0 Å². The normalized spacial score (nSPS) is 49.2. The zero-order valence-corrected chi connectivity index (χ0v) is 6.17. The minimum absolute atomic E-state index is 1.03. The lowest BCUT2D eigenvalue weighted by Crippen LogP contribution is -2.58. The summed E-state index contributed by atoms with van der Waals surface area (Å²) in [6, 6.07) is 0. The monoisotopic (exact) mass is 182 g/mol. The predicted molar refractivity (Wildman–Crippen MR) is 34.9 cm³/mol. The van der Waals surface area contributed by atoms with Gasteiger partial charge in [0.15, 0.2) is 6.29 Å². The summed E-state index contributed by atoms with van der Waals surface area (Å²) in [6.07, 6.45) is -7.60. The number of rotatable bonds is 1. The Morgan fingerprint density at radius 3 is 2.08 bits per heavy atom. The number of aliphatic hydroxyl groups excluding tert-OH is 4. The molecule has 1 aliphatic heterocycles. The molecule has 0 aliphatic carbocycles. The molecule has 4 unspecified atom stereocenters. The Bertz CT molecular complexity index is 150. The first-order valence-corrected chi connectivity index (χ1v) is 3.51. The van der Waals surface area contributed by atoms with Gasteiger partial charge in [-0.25, -0.2) is 4.39 Å². The quantitative estimate of drug-likeness (QED) is 0.368. The Hall–Kier alpha value is -0.270. The molecule has 0 aromatic rings. The minimum Gasteiger partial charge on any atom is -0.387 e. The van der Waals surface area contributed by atoms with Crippen LogP contribution < -0.4 is 0 Å². The molecule has 0 spiro atoms. The highest BCUT2D eigenvalue weighted by atomic mass is 19.1. The molecule has 1 heterocycles. The second-order valence-corrected chi connectivity index (χ2v) is 2.69. The van der Waals surface area contributed by atoms with Crippen molar-refractivity contribution in [3.63, 3.8) is 0 Å². The number of hydrogen-bond acceptors (Lipinski definition) is 5. The van der Waals surface area contributed by atoms with Gasteiger partial charge in [-0.3, -0.25) is 0 Å². The Kier molecular flexibility index (Phi) is 2.97. The Labute approximate surface area is 68.0 Å². The molecule has 72 valence electrons. The van der Waals surface area contributed by atoms with E-state index in [1.54, 1.807) is 0 Å². The van der Waals surface area contributed by atoms with Crippen LogP contribution >= 0.6 is 0 Å². The SMILES string of the molecule is OC1OC(CF)[C@@H](O)C(O)C1O. The van der Waals surface area contributed by atoms with Crippen molar-refractivity contribution in [2.24, 2.45) is 0 Å². The molecule has 0 amide bonds. The van der Waals surface area contributed by atoms with Crippen molar-refractivity contribution in [3.8, 4) is 0 Å². The molecule has 1 rings (SSSR count). The van der Waals surface area contributed by atoms with E-state index in [1.807, 2.05) is 0 Å². The molecule has 4 N–H and O–H groups in total. The maximum absolute atomic E-state index is 12.0. The smallest absolute Gasteiger partial charge is 0.184 e. The fourth-order valence-electron chi connectivity index (χ4n) is 1.06. The average molecular weight is 182 g/mol. The van der Waals surface area contributed by atoms with Gasteiger partial charge in [0, 0.05) is 0 Å². The summed E-state index contributed by atoms with van der Waals surface area (Å²) < 4.78 is 16.5. The van der Waals surface area contributed by atoms with E-state index < -0.39 is 37.4 Å². The van der Waals surface area contributed by atoms with Crippen molar-refractivity contribution in [1.29, 1.82) is 0 Å². The van der Waals surface area contributed by atoms with E-state index in [2.05, 4.69) is 4.74 Å². The molecular formula is C6H11FO5. The van der Waals surface area contributed by atoms with E-state index in [-0.39, 0.29) is 0 Å². The highest BCUT2D eigenvalue weighted by Crippen LogP contribution is 2.19. The molecule has 5 atom stereocenters. The van der Waals surface area contributed by atoms with Crippen molar-refractivity contribution in [1.82, 2.24) is 0 Å². The molecule has 1 fully saturated rings. The van der Waals surface area contributed by atoms with Gasteiger partial charge in [-0.1, -0.05) is 0 Å². The molecule has 1 saturated heterocycles. The average Bonchev–Trinajstić information content (AvgIpc) is 2.08. The molecule has 0 bridgehead atoms. The van der Waals surface area contributed by atoms with Gasteiger partial charge in [0.05, 0.1) is 0 Å². The van der Waals surface area contributed by atoms with E-state index in [9.17, 15) is 4.39 Å². The van der Waals surface area contributed by atoms with Gasteiger partial charge in [-0.2, -0.15) is 0 Å². The first-order valence-electron chi connectivity index (χ1n) is 3.51.